The molecule has 0 unspecified atom stereocenters. The first kappa shape index (κ1) is 14.4. The van der Waals surface area contributed by atoms with Crippen LogP contribution in [0.1, 0.15) is 19.8 Å². The fourth-order valence-corrected chi connectivity index (χ4v) is 1.56. The highest BCUT2D eigenvalue weighted by Gasteiger charge is 2.14. The summed E-state index contributed by atoms with van der Waals surface area (Å²) in [7, 11) is 6.41. The lowest BCUT2D eigenvalue weighted by atomic mass is 10.3. The van der Waals surface area contributed by atoms with E-state index >= 15 is 0 Å². The van der Waals surface area contributed by atoms with E-state index in [0.29, 0.717) is 6.54 Å². The van der Waals surface area contributed by atoms with E-state index in [0.717, 1.165) is 17.6 Å². The molecule has 90 valence electrons. The number of likely N-dealkylation sites (N-methyl/N-ethyl adjacent to an activating group) is 2. The van der Waals surface area contributed by atoms with Gasteiger partial charge in [0.05, 0.1) is 33.6 Å². The smallest absolute Gasteiger partial charge is 0.304 e. The zero-order chi connectivity index (χ0) is 11.9. The molecule has 0 saturated carbocycles. The first-order chi connectivity index (χ1) is 6.87. The third kappa shape index (κ3) is 8.39. The molecule has 0 amide bonds. The van der Waals surface area contributed by atoms with Crippen molar-refractivity contribution in [1.29, 1.82) is 0 Å². The van der Waals surface area contributed by atoms with Gasteiger partial charge in [0.25, 0.3) is 0 Å². The van der Waals surface area contributed by atoms with E-state index in [4.69, 9.17) is 5.11 Å². The maximum Gasteiger partial charge on any atom is 0.304 e. The summed E-state index contributed by atoms with van der Waals surface area (Å²) in [6, 6.07) is 0. The van der Waals surface area contributed by atoms with Crippen LogP contribution in [0.4, 0.5) is 0 Å². The summed E-state index contributed by atoms with van der Waals surface area (Å²) in [5.74, 6) is -0.718. The Hall–Kier alpha value is -0.610. The molecule has 0 aliphatic carbocycles. The van der Waals surface area contributed by atoms with Gasteiger partial charge in [-0.25, -0.2) is 0 Å². The normalized spacial score (nSPS) is 12.1. The van der Waals surface area contributed by atoms with Crippen LogP contribution < -0.4 is 0 Å². The van der Waals surface area contributed by atoms with Crippen molar-refractivity contribution < 1.29 is 14.4 Å². The van der Waals surface area contributed by atoms with Crippen LogP contribution in [0.15, 0.2) is 0 Å². The van der Waals surface area contributed by atoms with Crippen LogP contribution in [-0.4, -0.2) is 67.8 Å². The molecule has 4 heteroatoms. The predicted octanol–water partition coefficient (Wildman–Crippen LogP) is 0.879. The van der Waals surface area contributed by atoms with Crippen LogP contribution >= 0.6 is 0 Å². The Morgan fingerprint density at radius 2 is 1.87 bits per heavy atom. The molecule has 1 N–H and O–H groups in total. The number of carboxylic acid groups (broad SMARTS) is 1. The maximum atomic E-state index is 10.4. The topological polar surface area (TPSA) is 40.5 Å². The molecule has 0 aliphatic rings. The summed E-state index contributed by atoms with van der Waals surface area (Å²) < 4.78 is 1.01. The molecule has 0 spiro atoms. The van der Waals surface area contributed by atoms with Gasteiger partial charge >= 0.3 is 5.97 Å². The molecule has 0 atom stereocenters. The van der Waals surface area contributed by atoms with E-state index < -0.39 is 5.97 Å². The Kier molecular flexibility index (Phi) is 6.52. The van der Waals surface area contributed by atoms with Gasteiger partial charge in [0.1, 0.15) is 0 Å². The standard InChI is InChI=1S/C11H24N2O2/c1-5-9-13(3,4)10-8-12(2)7-6-11(14)15/h5-10H2,1-4H3/p+1. The van der Waals surface area contributed by atoms with Gasteiger partial charge in [-0.1, -0.05) is 6.92 Å². The number of quaternary nitrogens is 1. The molecule has 4 nitrogen and oxygen atoms in total. The van der Waals surface area contributed by atoms with Crippen LogP contribution in [0.5, 0.6) is 0 Å². The van der Waals surface area contributed by atoms with E-state index in [-0.39, 0.29) is 6.42 Å². The molecule has 0 fully saturated rings. The van der Waals surface area contributed by atoms with Crippen LogP contribution in [0.2, 0.25) is 0 Å². The predicted molar refractivity (Wildman–Crippen MR) is 61.9 cm³/mol. The third-order valence-electron chi connectivity index (χ3n) is 2.62. The second-order valence-corrected chi connectivity index (χ2v) is 4.83. The quantitative estimate of drug-likeness (QED) is 0.614. The van der Waals surface area contributed by atoms with E-state index in [9.17, 15) is 4.79 Å². The molecule has 0 aliphatic heterocycles. The molecule has 0 bridgehead atoms. The number of rotatable bonds is 8. The molecular formula is C11H25N2O2+. The van der Waals surface area contributed by atoms with Crippen molar-refractivity contribution >= 4 is 5.97 Å². The van der Waals surface area contributed by atoms with Gasteiger partial charge in [-0.2, -0.15) is 0 Å². The van der Waals surface area contributed by atoms with Crippen molar-refractivity contribution in [3.63, 3.8) is 0 Å². The summed E-state index contributed by atoms with van der Waals surface area (Å²) in [4.78, 5) is 12.5. The summed E-state index contributed by atoms with van der Waals surface area (Å²) in [5, 5.41) is 8.54. The molecule has 15 heavy (non-hydrogen) atoms. The molecular weight excluding hydrogens is 192 g/mol. The van der Waals surface area contributed by atoms with Crippen molar-refractivity contribution in [2.45, 2.75) is 19.8 Å². The van der Waals surface area contributed by atoms with E-state index in [1.165, 1.54) is 13.0 Å². The van der Waals surface area contributed by atoms with Crippen molar-refractivity contribution in [2.75, 3.05) is 47.3 Å². The Morgan fingerprint density at radius 3 is 2.33 bits per heavy atom. The lowest BCUT2D eigenvalue weighted by Gasteiger charge is -2.31. The molecule has 0 saturated heterocycles. The first-order valence-electron chi connectivity index (χ1n) is 5.59. The molecule has 0 aromatic rings. The van der Waals surface area contributed by atoms with Crippen LogP contribution in [0.3, 0.4) is 0 Å². The zero-order valence-electron chi connectivity index (χ0n) is 10.5. The Morgan fingerprint density at radius 1 is 1.27 bits per heavy atom. The third-order valence-corrected chi connectivity index (χ3v) is 2.62. The number of hydrogen-bond acceptors (Lipinski definition) is 2. The molecule has 0 heterocycles. The van der Waals surface area contributed by atoms with Gasteiger partial charge in [0.2, 0.25) is 0 Å². The minimum atomic E-state index is -0.718. The zero-order valence-corrected chi connectivity index (χ0v) is 10.5. The van der Waals surface area contributed by atoms with Gasteiger partial charge in [0.15, 0.2) is 0 Å². The average molecular weight is 217 g/mol. The van der Waals surface area contributed by atoms with Gasteiger partial charge in [-0.05, 0) is 13.5 Å². The van der Waals surface area contributed by atoms with Gasteiger partial charge in [-0.3, -0.25) is 4.79 Å². The molecule has 0 aromatic heterocycles. The summed E-state index contributed by atoms with van der Waals surface area (Å²) in [5.41, 5.74) is 0. The van der Waals surface area contributed by atoms with Crippen molar-refractivity contribution in [3.05, 3.63) is 0 Å². The van der Waals surface area contributed by atoms with Crippen LogP contribution in [0, 0.1) is 0 Å². The number of aliphatic carboxylic acids is 1. The Balaban J connectivity index is 3.69. The maximum absolute atomic E-state index is 10.4. The number of hydrogen-bond donors (Lipinski definition) is 1. The lowest BCUT2D eigenvalue weighted by Crippen LogP contribution is -2.45. The van der Waals surface area contributed by atoms with E-state index in [2.05, 4.69) is 25.9 Å². The molecule has 0 rings (SSSR count). The highest BCUT2D eigenvalue weighted by molar-refractivity contribution is 5.66. The second-order valence-electron chi connectivity index (χ2n) is 4.83. The highest BCUT2D eigenvalue weighted by Crippen LogP contribution is 1.99. The number of nitrogens with zero attached hydrogens (tertiary/aromatic N) is 2. The first-order valence-corrected chi connectivity index (χ1v) is 5.59. The Bertz CT molecular complexity index is 193. The van der Waals surface area contributed by atoms with Crippen molar-refractivity contribution in [2.24, 2.45) is 0 Å². The lowest BCUT2D eigenvalue weighted by molar-refractivity contribution is -0.889. The second kappa shape index (κ2) is 6.80. The van der Waals surface area contributed by atoms with E-state index in [1.807, 2.05) is 7.05 Å². The monoisotopic (exact) mass is 217 g/mol. The molecule has 0 radical (unpaired) electrons. The minimum absolute atomic E-state index is 0.234. The fraction of sp³-hybridized carbons (Fsp3) is 0.909. The highest BCUT2D eigenvalue weighted by atomic mass is 16.4. The Labute approximate surface area is 93.1 Å². The fourth-order valence-electron chi connectivity index (χ4n) is 1.56. The van der Waals surface area contributed by atoms with Crippen molar-refractivity contribution in [3.8, 4) is 0 Å². The summed E-state index contributed by atoms with van der Waals surface area (Å²) in [6.07, 6.45) is 1.42. The van der Waals surface area contributed by atoms with Crippen LogP contribution in [0.25, 0.3) is 0 Å². The largest absolute Gasteiger partial charge is 0.481 e. The van der Waals surface area contributed by atoms with Gasteiger partial charge in [0, 0.05) is 13.1 Å². The van der Waals surface area contributed by atoms with Crippen LogP contribution in [-0.2, 0) is 4.79 Å². The molecule has 0 aromatic carbocycles. The summed E-state index contributed by atoms with van der Waals surface area (Å²) in [6.45, 7) is 6.03. The van der Waals surface area contributed by atoms with E-state index in [1.54, 1.807) is 0 Å². The number of carbonyl (C=O) groups is 1. The van der Waals surface area contributed by atoms with Gasteiger partial charge < -0.3 is 14.5 Å². The van der Waals surface area contributed by atoms with Gasteiger partial charge in [-0.15, -0.1) is 0 Å². The number of carboxylic acids is 1. The SMILES string of the molecule is CCC[N+](C)(C)CCN(C)CCC(=O)O. The average Bonchev–Trinajstić information content (AvgIpc) is 2.11. The summed E-state index contributed by atoms with van der Waals surface area (Å²) >= 11 is 0. The minimum Gasteiger partial charge on any atom is -0.481 e. The van der Waals surface area contributed by atoms with Crippen molar-refractivity contribution in [1.82, 2.24) is 4.90 Å².